The third-order valence-electron chi connectivity index (χ3n) is 7.20. The highest BCUT2D eigenvalue weighted by Crippen LogP contribution is 2.24. The van der Waals surface area contributed by atoms with E-state index in [1.807, 2.05) is 60.5 Å². The lowest BCUT2D eigenvalue weighted by Gasteiger charge is -2.27. The van der Waals surface area contributed by atoms with Gasteiger partial charge in [0.2, 0.25) is 5.95 Å². The largest absolute Gasteiger partial charge is 0.378 e. The van der Waals surface area contributed by atoms with Gasteiger partial charge in [0.05, 0.1) is 13.2 Å². The molecule has 42 heavy (non-hydrogen) atoms. The molecule has 0 unspecified atom stereocenters. The molecule has 0 atom stereocenters. The third-order valence-corrected chi connectivity index (χ3v) is 7.20. The average molecular weight is 565 g/mol. The number of amides is 2. The highest BCUT2D eigenvalue weighted by molar-refractivity contribution is 5.95. The van der Waals surface area contributed by atoms with Gasteiger partial charge in [0.1, 0.15) is 5.82 Å². The summed E-state index contributed by atoms with van der Waals surface area (Å²) in [6, 6.07) is 22.7. The molecule has 2 aromatic heterocycles. The summed E-state index contributed by atoms with van der Waals surface area (Å²) in [5.41, 5.74) is 6.24. The number of hydrogen-bond acceptors (Lipinski definition) is 6. The molecular formula is C32H29FN6O3. The van der Waals surface area contributed by atoms with Crippen molar-refractivity contribution in [2.45, 2.75) is 13.5 Å². The van der Waals surface area contributed by atoms with Gasteiger partial charge in [0.15, 0.2) is 5.65 Å². The van der Waals surface area contributed by atoms with Crippen LogP contribution in [-0.2, 0) is 11.3 Å². The fourth-order valence-electron chi connectivity index (χ4n) is 4.81. The molecule has 212 valence electrons. The zero-order valence-electron chi connectivity index (χ0n) is 23.0. The Balaban J connectivity index is 1.12. The number of carbonyl (C=O) groups excluding carboxylic acids is 2. The Kier molecular flexibility index (Phi) is 7.61. The smallest absolute Gasteiger partial charge is 0.254 e. The van der Waals surface area contributed by atoms with Crippen LogP contribution in [0.1, 0.15) is 31.8 Å². The number of rotatable bonds is 7. The van der Waals surface area contributed by atoms with E-state index in [1.54, 1.807) is 28.8 Å². The van der Waals surface area contributed by atoms with Crippen molar-refractivity contribution in [1.29, 1.82) is 0 Å². The molecule has 2 N–H and O–H groups in total. The Hall–Kier alpha value is -5.09. The number of pyridine rings is 1. The van der Waals surface area contributed by atoms with E-state index < -0.39 is 0 Å². The van der Waals surface area contributed by atoms with Crippen LogP contribution in [0.15, 0.2) is 85.1 Å². The number of fused-ring (bicyclic) bond motifs is 1. The number of aromatic nitrogens is 3. The van der Waals surface area contributed by atoms with Gasteiger partial charge in [-0.3, -0.25) is 9.59 Å². The van der Waals surface area contributed by atoms with Crippen molar-refractivity contribution in [1.82, 2.24) is 24.8 Å². The number of halogens is 1. The van der Waals surface area contributed by atoms with Gasteiger partial charge in [-0.25, -0.2) is 8.91 Å². The van der Waals surface area contributed by atoms with Crippen LogP contribution in [0, 0.1) is 12.7 Å². The van der Waals surface area contributed by atoms with Gasteiger partial charge >= 0.3 is 0 Å². The lowest BCUT2D eigenvalue weighted by atomic mass is 10.1. The lowest BCUT2D eigenvalue weighted by molar-refractivity contribution is 0.0303. The van der Waals surface area contributed by atoms with Gasteiger partial charge in [-0.05, 0) is 78.2 Å². The maximum Gasteiger partial charge on any atom is 0.254 e. The number of nitrogens with one attached hydrogen (secondary N) is 2. The zero-order chi connectivity index (χ0) is 29.1. The highest BCUT2D eigenvalue weighted by Gasteiger charge is 2.19. The fraction of sp³-hybridized carbons (Fsp3) is 0.188. The molecule has 0 spiro atoms. The predicted molar refractivity (Wildman–Crippen MR) is 157 cm³/mol. The minimum Gasteiger partial charge on any atom is -0.378 e. The first-order chi connectivity index (χ1) is 20.4. The Morgan fingerprint density at radius 2 is 1.62 bits per heavy atom. The van der Waals surface area contributed by atoms with Crippen molar-refractivity contribution < 1.29 is 18.7 Å². The van der Waals surface area contributed by atoms with Gasteiger partial charge in [-0.15, -0.1) is 5.10 Å². The molecule has 2 amide bonds. The monoisotopic (exact) mass is 564 g/mol. The first-order valence-electron chi connectivity index (χ1n) is 13.7. The van der Waals surface area contributed by atoms with Crippen molar-refractivity contribution >= 4 is 29.1 Å². The molecule has 5 aromatic rings. The van der Waals surface area contributed by atoms with E-state index in [4.69, 9.17) is 4.74 Å². The van der Waals surface area contributed by atoms with E-state index in [0.717, 1.165) is 27.9 Å². The minimum absolute atomic E-state index is 0.00462. The molecule has 1 fully saturated rings. The molecule has 6 rings (SSSR count). The number of ether oxygens (including phenoxy) is 1. The fourth-order valence-corrected chi connectivity index (χ4v) is 4.81. The molecule has 0 bridgehead atoms. The van der Waals surface area contributed by atoms with E-state index >= 15 is 0 Å². The molecule has 3 heterocycles. The van der Waals surface area contributed by atoms with Crippen LogP contribution >= 0.6 is 0 Å². The van der Waals surface area contributed by atoms with Crippen LogP contribution in [0.4, 0.5) is 16.0 Å². The van der Waals surface area contributed by atoms with Crippen LogP contribution in [-0.4, -0.2) is 57.6 Å². The van der Waals surface area contributed by atoms with Crippen LogP contribution in [0.5, 0.6) is 0 Å². The Bertz CT molecular complexity index is 1750. The molecule has 0 aliphatic carbocycles. The number of carbonyl (C=O) groups is 2. The second-order valence-corrected chi connectivity index (χ2v) is 10.1. The summed E-state index contributed by atoms with van der Waals surface area (Å²) in [5, 5.41) is 10.7. The van der Waals surface area contributed by atoms with Crippen molar-refractivity contribution in [2.24, 2.45) is 0 Å². The summed E-state index contributed by atoms with van der Waals surface area (Å²) in [5.74, 6) is -0.0705. The average Bonchev–Trinajstić information content (AvgIpc) is 3.43. The van der Waals surface area contributed by atoms with Crippen LogP contribution in [0.25, 0.3) is 16.8 Å². The SMILES string of the molecule is Cc1cc(C(=O)N2CCOCC2)ccc1Nc1nc2ccc(-c3ccc(C(=O)NCc4ccc(F)cc4)cc3)cn2n1. The van der Waals surface area contributed by atoms with E-state index in [0.29, 0.717) is 55.6 Å². The Morgan fingerprint density at radius 3 is 2.36 bits per heavy atom. The summed E-state index contributed by atoms with van der Waals surface area (Å²) >= 11 is 0. The van der Waals surface area contributed by atoms with Gasteiger partial charge in [0.25, 0.3) is 11.8 Å². The quantitative estimate of drug-likeness (QED) is 0.289. The van der Waals surface area contributed by atoms with Crippen LogP contribution in [0.2, 0.25) is 0 Å². The topological polar surface area (TPSA) is 101 Å². The van der Waals surface area contributed by atoms with Crippen molar-refractivity contribution in [3.8, 4) is 11.1 Å². The van der Waals surface area contributed by atoms with Crippen molar-refractivity contribution in [3.05, 3.63) is 113 Å². The minimum atomic E-state index is -0.309. The van der Waals surface area contributed by atoms with E-state index in [-0.39, 0.29) is 17.6 Å². The second kappa shape index (κ2) is 11.8. The lowest BCUT2D eigenvalue weighted by Crippen LogP contribution is -2.40. The summed E-state index contributed by atoms with van der Waals surface area (Å²) in [7, 11) is 0. The summed E-state index contributed by atoms with van der Waals surface area (Å²) in [6.07, 6.45) is 1.88. The molecule has 3 aromatic carbocycles. The molecular weight excluding hydrogens is 535 g/mol. The molecule has 9 nitrogen and oxygen atoms in total. The van der Waals surface area contributed by atoms with Crippen molar-refractivity contribution in [3.63, 3.8) is 0 Å². The zero-order valence-corrected chi connectivity index (χ0v) is 23.0. The second-order valence-electron chi connectivity index (χ2n) is 10.1. The number of anilines is 2. The number of aryl methyl sites for hydroxylation is 1. The van der Waals surface area contributed by atoms with Crippen LogP contribution in [0.3, 0.4) is 0 Å². The first-order valence-corrected chi connectivity index (χ1v) is 13.7. The number of morpholine rings is 1. The van der Waals surface area contributed by atoms with Crippen LogP contribution < -0.4 is 10.6 Å². The number of benzene rings is 3. The van der Waals surface area contributed by atoms with E-state index in [9.17, 15) is 14.0 Å². The maximum atomic E-state index is 13.1. The summed E-state index contributed by atoms with van der Waals surface area (Å²) in [4.78, 5) is 31.8. The van der Waals surface area contributed by atoms with E-state index in [1.165, 1.54) is 12.1 Å². The summed E-state index contributed by atoms with van der Waals surface area (Å²) in [6.45, 7) is 4.59. The van der Waals surface area contributed by atoms with E-state index in [2.05, 4.69) is 20.7 Å². The molecule has 10 heteroatoms. The van der Waals surface area contributed by atoms with Gasteiger partial charge in [-0.1, -0.05) is 24.3 Å². The molecule has 0 radical (unpaired) electrons. The molecule has 1 aliphatic rings. The number of hydrogen-bond donors (Lipinski definition) is 2. The third kappa shape index (κ3) is 5.98. The first kappa shape index (κ1) is 27.1. The highest BCUT2D eigenvalue weighted by atomic mass is 19.1. The molecule has 0 saturated carbocycles. The predicted octanol–water partition coefficient (Wildman–Crippen LogP) is 4.99. The normalized spacial score (nSPS) is 13.2. The van der Waals surface area contributed by atoms with Gasteiger partial charge < -0.3 is 20.3 Å². The Morgan fingerprint density at radius 1 is 0.905 bits per heavy atom. The number of nitrogens with zero attached hydrogens (tertiary/aromatic N) is 4. The van der Waals surface area contributed by atoms with Gasteiger partial charge in [0, 0.05) is 48.2 Å². The molecule has 1 saturated heterocycles. The summed E-state index contributed by atoms with van der Waals surface area (Å²) < 4.78 is 20.1. The van der Waals surface area contributed by atoms with Crippen molar-refractivity contribution in [2.75, 3.05) is 31.6 Å². The Labute approximate surface area is 242 Å². The molecule has 1 aliphatic heterocycles. The standard InChI is InChI=1S/C32H29FN6O3/c1-21-18-25(31(41)38-14-16-42-17-15-38)8-12-28(21)35-32-36-29-13-9-26(20-39(29)37-32)23-4-6-24(7-5-23)30(40)34-19-22-2-10-27(33)11-3-22/h2-13,18,20H,14-17,19H2,1H3,(H,34,40)(H,35,37). The van der Waals surface area contributed by atoms with Gasteiger partial charge in [-0.2, -0.15) is 4.98 Å². The maximum absolute atomic E-state index is 13.1.